The van der Waals surface area contributed by atoms with Crippen molar-refractivity contribution in [2.24, 2.45) is 11.8 Å². The van der Waals surface area contributed by atoms with Gasteiger partial charge in [0, 0.05) is 11.8 Å². The van der Waals surface area contributed by atoms with Gasteiger partial charge in [0.25, 0.3) is 0 Å². The van der Waals surface area contributed by atoms with Crippen molar-refractivity contribution in [3.8, 4) is 0 Å². The quantitative estimate of drug-likeness (QED) is 0.594. The predicted octanol–water partition coefficient (Wildman–Crippen LogP) is 1.55. The summed E-state index contributed by atoms with van der Waals surface area (Å²) < 4.78 is 13.0. The van der Waals surface area contributed by atoms with E-state index in [4.69, 9.17) is 5.73 Å². The van der Waals surface area contributed by atoms with Crippen molar-refractivity contribution in [1.29, 1.82) is 0 Å². The summed E-state index contributed by atoms with van der Waals surface area (Å²) in [6, 6.07) is 3.83. The van der Waals surface area contributed by atoms with E-state index in [0.717, 1.165) is 11.0 Å². The first kappa shape index (κ1) is 11.6. The number of hydrogen-bond donors (Lipinski definition) is 1. The maximum Gasteiger partial charge on any atom is 0.237 e. The number of carbonyl (C=O) groups is 2. The molecule has 1 heterocycles. The second-order valence-electron chi connectivity index (χ2n) is 4.30. The van der Waals surface area contributed by atoms with Gasteiger partial charge in [0.1, 0.15) is 5.82 Å². The van der Waals surface area contributed by atoms with E-state index in [1.807, 2.05) is 0 Å². The fourth-order valence-corrected chi connectivity index (χ4v) is 1.87. The molecule has 2 atom stereocenters. The third-order valence-electron chi connectivity index (χ3n) is 3.21. The lowest BCUT2D eigenvalue weighted by atomic mass is 10.00. The number of carbonyl (C=O) groups excluding carboxylic acids is 2. The Morgan fingerprint density at radius 2 is 1.71 bits per heavy atom. The molecule has 0 bridgehead atoms. The van der Waals surface area contributed by atoms with Gasteiger partial charge in [-0.3, -0.25) is 9.59 Å². The highest BCUT2D eigenvalue weighted by Crippen LogP contribution is 2.31. The van der Waals surface area contributed by atoms with Gasteiger partial charge in [-0.2, -0.15) is 0 Å². The number of anilines is 2. The lowest BCUT2D eigenvalue weighted by Gasteiger charge is -2.15. The van der Waals surface area contributed by atoms with Gasteiger partial charge in [0.05, 0.1) is 11.4 Å². The van der Waals surface area contributed by atoms with Crippen LogP contribution in [0.15, 0.2) is 18.2 Å². The van der Waals surface area contributed by atoms with Crippen molar-refractivity contribution < 1.29 is 14.0 Å². The monoisotopic (exact) mass is 236 g/mol. The zero-order chi connectivity index (χ0) is 12.7. The number of nitrogen functional groups attached to an aromatic ring is 1. The van der Waals surface area contributed by atoms with Gasteiger partial charge in [-0.05, 0) is 18.2 Å². The van der Waals surface area contributed by atoms with Crippen molar-refractivity contribution in [3.63, 3.8) is 0 Å². The van der Waals surface area contributed by atoms with E-state index in [2.05, 4.69) is 0 Å². The molecule has 5 heteroatoms. The Balaban J connectivity index is 2.43. The average Bonchev–Trinajstić information content (AvgIpc) is 2.48. The minimum Gasteiger partial charge on any atom is -0.396 e. The molecular formula is C12H13FN2O2. The van der Waals surface area contributed by atoms with Gasteiger partial charge >= 0.3 is 0 Å². The highest BCUT2D eigenvalue weighted by molar-refractivity contribution is 6.21. The molecule has 0 aromatic heterocycles. The number of imide groups is 1. The molecule has 2 N–H and O–H groups in total. The summed E-state index contributed by atoms with van der Waals surface area (Å²) in [6.07, 6.45) is 0. The predicted molar refractivity (Wildman–Crippen MR) is 61.6 cm³/mol. The van der Waals surface area contributed by atoms with E-state index in [9.17, 15) is 14.0 Å². The molecule has 1 aliphatic heterocycles. The van der Waals surface area contributed by atoms with Crippen LogP contribution in [0.3, 0.4) is 0 Å². The van der Waals surface area contributed by atoms with Gasteiger partial charge in [-0.15, -0.1) is 0 Å². The summed E-state index contributed by atoms with van der Waals surface area (Å²) >= 11 is 0. The lowest BCUT2D eigenvalue weighted by Crippen LogP contribution is -2.30. The molecule has 2 amide bonds. The van der Waals surface area contributed by atoms with Crippen LogP contribution in [-0.4, -0.2) is 11.8 Å². The Labute approximate surface area is 98.2 Å². The molecule has 1 aromatic rings. The first-order chi connectivity index (χ1) is 7.93. The molecule has 1 aliphatic rings. The molecule has 0 spiro atoms. The molecule has 2 rings (SSSR count). The molecule has 90 valence electrons. The number of nitrogens with zero attached hydrogens (tertiary/aromatic N) is 1. The van der Waals surface area contributed by atoms with Crippen molar-refractivity contribution in [1.82, 2.24) is 0 Å². The minimum atomic E-state index is -0.561. The zero-order valence-electron chi connectivity index (χ0n) is 9.61. The Kier molecular flexibility index (Phi) is 2.61. The van der Waals surface area contributed by atoms with E-state index in [1.54, 1.807) is 13.8 Å². The van der Waals surface area contributed by atoms with Crippen LogP contribution in [0.2, 0.25) is 0 Å². The molecule has 1 fully saturated rings. The zero-order valence-corrected chi connectivity index (χ0v) is 9.61. The minimum absolute atomic E-state index is 0.0738. The van der Waals surface area contributed by atoms with Crippen molar-refractivity contribution in [3.05, 3.63) is 24.0 Å². The number of halogens is 1. The van der Waals surface area contributed by atoms with Crippen molar-refractivity contribution in [2.75, 3.05) is 10.6 Å². The Morgan fingerprint density at radius 1 is 1.18 bits per heavy atom. The maximum atomic E-state index is 13.0. The summed E-state index contributed by atoms with van der Waals surface area (Å²) in [6.45, 7) is 3.41. The average molecular weight is 236 g/mol. The largest absolute Gasteiger partial charge is 0.396 e. The third-order valence-corrected chi connectivity index (χ3v) is 3.21. The summed E-state index contributed by atoms with van der Waals surface area (Å²) in [4.78, 5) is 24.9. The second kappa shape index (κ2) is 3.84. The molecule has 1 saturated heterocycles. The van der Waals surface area contributed by atoms with Crippen LogP contribution in [0.1, 0.15) is 13.8 Å². The summed E-state index contributed by atoms with van der Waals surface area (Å²) in [5.74, 6) is -1.81. The Bertz CT molecular complexity index is 481. The van der Waals surface area contributed by atoms with Crippen LogP contribution in [-0.2, 0) is 9.59 Å². The molecule has 17 heavy (non-hydrogen) atoms. The first-order valence-corrected chi connectivity index (χ1v) is 5.36. The van der Waals surface area contributed by atoms with Crippen LogP contribution >= 0.6 is 0 Å². The molecular weight excluding hydrogens is 223 g/mol. The summed E-state index contributed by atoms with van der Waals surface area (Å²) in [5, 5.41) is 0. The standard InChI is InChI=1S/C12H13FN2O2/c1-6-7(2)12(17)15(11(6)16)8-3-4-9(13)10(14)5-8/h3-7H,14H2,1-2H3. The first-order valence-electron chi connectivity index (χ1n) is 5.36. The van der Waals surface area contributed by atoms with Crippen LogP contribution in [0, 0.1) is 17.7 Å². The third kappa shape index (κ3) is 1.67. The van der Waals surface area contributed by atoms with Gasteiger partial charge < -0.3 is 5.73 Å². The molecule has 4 nitrogen and oxygen atoms in total. The number of benzene rings is 1. The fraction of sp³-hybridized carbons (Fsp3) is 0.333. The van der Waals surface area contributed by atoms with Gasteiger partial charge in [-0.25, -0.2) is 9.29 Å². The van der Waals surface area contributed by atoms with Crippen molar-refractivity contribution >= 4 is 23.2 Å². The van der Waals surface area contributed by atoms with E-state index in [0.29, 0.717) is 5.69 Å². The maximum absolute atomic E-state index is 13.0. The SMILES string of the molecule is CC1C(=O)N(c2ccc(F)c(N)c2)C(=O)C1C. The van der Waals surface area contributed by atoms with E-state index >= 15 is 0 Å². The van der Waals surface area contributed by atoms with Gasteiger partial charge in [0.15, 0.2) is 0 Å². The van der Waals surface area contributed by atoms with E-state index < -0.39 is 5.82 Å². The number of amides is 2. The van der Waals surface area contributed by atoms with Crippen LogP contribution in [0.25, 0.3) is 0 Å². The van der Waals surface area contributed by atoms with Crippen molar-refractivity contribution in [2.45, 2.75) is 13.8 Å². The summed E-state index contributed by atoms with van der Waals surface area (Å²) in [7, 11) is 0. The normalized spacial score (nSPS) is 24.5. The van der Waals surface area contributed by atoms with Crippen LogP contribution in [0.5, 0.6) is 0 Å². The van der Waals surface area contributed by atoms with E-state index in [-0.39, 0.29) is 29.3 Å². The molecule has 0 aliphatic carbocycles. The molecule has 0 radical (unpaired) electrons. The van der Waals surface area contributed by atoms with Crippen LogP contribution < -0.4 is 10.6 Å². The number of nitrogens with two attached hydrogens (primary N) is 1. The Morgan fingerprint density at radius 3 is 2.18 bits per heavy atom. The number of hydrogen-bond acceptors (Lipinski definition) is 3. The highest BCUT2D eigenvalue weighted by atomic mass is 19.1. The van der Waals surface area contributed by atoms with Gasteiger partial charge in [0.2, 0.25) is 11.8 Å². The van der Waals surface area contributed by atoms with Crippen LogP contribution in [0.4, 0.5) is 15.8 Å². The lowest BCUT2D eigenvalue weighted by molar-refractivity contribution is -0.122. The smallest absolute Gasteiger partial charge is 0.237 e. The molecule has 2 unspecified atom stereocenters. The van der Waals surface area contributed by atoms with Gasteiger partial charge in [-0.1, -0.05) is 13.8 Å². The second-order valence-corrected chi connectivity index (χ2v) is 4.30. The fourth-order valence-electron chi connectivity index (χ4n) is 1.87. The van der Waals surface area contributed by atoms with E-state index in [1.165, 1.54) is 12.1 Å². The molecule has 0 saturated carbocycles. The highest BCUT2D eigenvalue weighted by Gasteiger charge is 2.43. The molecule has 1 aromatic carbocycles. The Hall–Kier alpha value is -1.91. The summed E-state index contributed by atoms with van der Waals surface area (Å²) in [5.41, 5.74) is 5.68. The number of rotatable bonds is 1. The topological polar surface area (TPSA) is 63.4 Å².